The van der Waals surface area contributed by atoms with E-state index in [9.17, 15) is 9.59 Å². The van der Waals surface area contributed by atoms with Crippen molar-refractivity contribution in [2.45, 2.75) is 6.54 Å². The zero-order chi connectivity index (χ0) is 18.2. The monoisotopic (exact) mass is 362 g/mol. The third-order valence-corrected chi connectivity index (χ3v) is 3.82. The molecule has 25 heavy (non-hydrogen) atoms. The second kappa shape index (κ2) is 8.94. The number of benzene rings is 2. The van der Waals surface area contributed by atoms with Gasteiger partial charge in [0.2, 0.25) is 5.91 Å². The molecule has 0 bridgehead atoms. The molecule has 0 saturated carbocycles. The lowest BCUT2D eigenvalue weighted by molar-refractivity contribution is -0.120. The topological polar surface area (TPSA) is 76.7 Å². The van der Waals surface area contributed by atoms with Crippen LogP contribution < -0.4 is 20.1 Å². The smallest absolute Gasteiger partial charge is 0.253 e. The van der Waals surface area contributed by atoms with Crippen LogP contribution in [0.3, 0.4) is 0 Å². The average molecular weight is 363 g/mol. The predicted molar refractivity (Wildman–Crippen MR) is 95.2 cm³/mol. The highest BCUT2D eigenvalue weighted by molar-refractivity contribution is 6.33. The Kier molecular flexibility index (Phi) is 6.65. The average Bonchev–Trinajstić information content (AvgIpc) is 2.64. The Morgan fingerprint density at radius 1 is 1.00 bits per heavy atom. The molecule has 2 amide bonds. The molecular formula is C18H19ClN2O4. The van der Waals surface area contributed by atoms with Crippen molar-refractivity contribution in [2.75, 3.05) is 20.8 Å². The van der Waals surface area contributed by atoms with Crippen LogP contribution in [0.1, 0.15) is 15.9 Å². The van der Waals surface area contributed by atoms with E-state index in [1.807, 2.05) is 12.1 Å². The number of methoxy groups -OCH3 is 2. The first-order chi connectivity index (χ1) is 12.1. The first kappa shape index (κ1) is 18.6. The van der Waals surface area contributed by atoms with Crippen molar-refractivity contribution in [2.24, 2.45) is 0 Å². The number of rotatable bonds is 7. The molecule has 0 fully saturated rings. The molecule has 0 aromatic heterocycles. The second-order valence-electron chi connectivity index (χ2n) is 5.09. The van der Waals surface area contributed by atoms with Gasteiger partial charge in [0.1, 0.15) is 0 Å². The number of para-hydroxylation sites is 1. The maximum atomic E-state index is 12.0. The van der Waals surface area contributed by atoms with Crippen LogP contribution in [0.15, 0.2) is 42.5 Å². The number of carbonyl (C=O) groups excluding carboxylic acids is 2. The number of hydrogen-bond acceptors (Lipinski definition) is 4. The van der Waals surface area contributed by atoms with Crippen LogP contribution in [0.5, 0.6) is 11.5 Å². The molecule has 0 spiro atoms. The summed E-state index contributed by atoms with van der Waals surface area (Å²) in [7, 11) is 3.08. The highest BCUT2D eigenvalue weighted by Crippen LogP contribution is 2.30. The number of hydrogen-bond donors (Lipinski definition) is 2. The first-order valence-corrected chi connectivity index (χ1v) is 7.94. The molecule has 0 saturated heterocycles. The van der Waals surface area contributed by atoms with Crippen molar-refractivity contribution in [1.29, 1.82) is 0 Å². The van der Waals surface area contributed by atoms with E-state index in [0.29, 0.717) is 22.1 Å². The van der Waals surface area contributed by atoms with E-state index in [-0.39, 0.29) is 19.0 Å². The molecule has 0 atom stereocenters. The number of nitrogens with one attached hydrogen (secondary N) is 2. The van der Waals surface area contributed by atoms with Gasteiger partial charge in [-0.3, -0.25) is 9.59 Å². The van der Waals surface area contributed by atoms with Crippen molar-refractivity contribution >= 4 is 23.4 Å². The van der Waals surface area contributed by atoms with E-state index in [2.05, 4.69) is 10.6 Å². The van der Waals surface area contributed by atoms with Crippen LogP contribution in [0.2, 0.25) is 5.02 Å². The Morgan fingerprint density at radius 3 is 2.44 bits per heavy atom. The molecule has 2 aromatic rings. The number of carbonyl (C=O) groups is 2. The summed E-state index contributed by atoms with van der Waals surface area (Å²) in [6, 6.07) is 12.0. The summed E-state index contributed by atoms with van der Waals surface area (Å²) < 4.78 is 10.5. The van der Waals surface area contributed by atoms with Crippen LogP contribution in [0.25, 0.3) is 0 Å². The van der Waals surface area contributed by atoms with Crippen molar-refractivity contribution in [3.8, 4) is 11.5 Å². The van der Waals surface area contributed by atoms with Gasteiger partial charge in [0.25, 0.3) is 5.91 Å². The van der Waals surface area contributed by atoms with Gasteiger partial charge in [0.15, 0.2) is 11.5 Å². The lowest BCUT2D eigenvalue weighted by Gasteiger charge is -2.13. The Morgan fingerprint density at radius 2 is 1.76 bits per heavy atom. The summed E-state index contributed by atoms with van der Waals surface area (Å²) in [6.45, 7) is 0.0948. The normalized spacial score (nSPS) is 10.0. The minimum atomic E-state index is -0.403. The molecule has 2 aromatic carbocycles. The fourth-order valence-electron chi connectivity index (χ4n) is 2.25. The third-order valence-electron chi connectivity index (χ3n) is 3.49. The summed E-state index contributed by atoms with van der Waals surface area (Å²) in [6.07, 6.45) is 0. The standard InChI is InChI=1S/C18H19ClN2O4/c1-24-15-9-5-6-12(17(15)25-2)10-20-16(22)11-21-18(23)13-7-3-4-8-14(13)19/h3-9H,10-11H2,1-2H3,(H,20,22)(H,21,23). The van der Waals surface area contributed by atoms with E-state index in [4.69, 9.17) is 21.1 Å². The van der Waals surface area contributed by atoms with Crippen molar-refractivity contribution in [3.63, 3.8) is 0 Å². The fraction of sp³-hybridized carbons (Fsp3) is 0.222. The zero-order valence-corrected chi connectivity index (χ0v) is 14.7. The van der Waals surface area contributed by atoms with Gasteiger partial charge >= 0.3 is 0 Å². The van der Waals surface area contributed by atoms with Crippen LogP contribution in [-0.2, 0) is 11.3 Å². The molecule has 132 valence electrons. The Balaban J connectivity index is 1.89. The predicted octanol–water partition coefficient (Wildman–Crippen LogP) is 2.40. The minimum absolute atomic E-state index is 0.156. The highest BCUT2D eigenvalue weighted by Gasteiger charge is 2.13. The lowest BCUT2D eigenvalue weighted by Crippen LogP contribution is -2.36. The molecule has 2 N–H and O–H groups in total. The lowest BCUT2D eigenvalue weighted by atomic mass is 10.2. The highest BCUT2D eigenvalue weighted by atomic mass is 35.5. The van der Waals surface area contributed by atoms with Crippen LogP contribution in [0, 0.1) is 0 Å². The molecule has 0 aliphatic rings. The fourth-order valence-corrected chi connectivity index (χ4v) is 2.47. The van der Waals surface area contributed by atoms with Gasteiger partial charge in [-0.2, -0.15) is 0 Å². The summed E-state index contributed by atoms with van der Waals surface area (Å²) >= 11 is 5.95. The van der Waals surface area contributed by atoms with Crippen LogP contribution >= 0.6 is 11.6 Å². The Labute approximate surface area is 151 Å². The third kappa shape index (κ3) is 4.87. The largest absolute Gasteiger partial charge is 0.493 e. The van der Waals surface area contributed by atoms with Gasteiger partial charge in [0.05, 0.1) is 31.4 Å². The van der Waals surface area contributed by atoms with Crippen LogP contribution in [0.4, 0.5) is 0 Å². The maximum absolute atomic E-state index is 12.0. The number of halogens is 1. The quantitative estimate of drug-likeness (QED) is 0.793. The van der Waals surface area contributed by atoms with Gasteiger partial charge in [-0.25, -0.2) is 0 Å². The second-order valence-corrected chi connectivity index (χ2v) is 5.50. The molecule has 0 radical (unpaired) electrons. The van der Waals surface area contributed by atoms with Gasteiger partial charge in [0, 0.05) is 12.1 Å². The van der Waals surface area contributed by atoms with Gasteiger partial charge in [-0.1, -0.05) is 35.9 Å². The van der Waals surface area contributed by atoms with Crippen molar-refractivity contribution in [3.05, 3.63) is 58.6 Å². The Hall–Kier alpha value is -2.73. The molecule has 0 aliphatic heterocycles. The van der Waals surface area contributed by atoms with Crippen molar-refractivity contribution in [1.82, 2.24) is 10.6 Å². The molecule has 2 rings (SSSR count). The summed E-state index contributed by atoms with van der Waals surface area (Å²) in [4.78, 5) is 24.0. The SMILES string of the molecule is COc1cccc(CNC(=O)CNC(=O)c2ccccc2Cl)c1OC. The molecule has 6 nitrogen and oxygen atoms in total. The molecule has 0 unspecified atom stereocenters. The number of amides is 2. The molecule has 0 heterocycles. The van der Waals surface area contributed by atoms with E-state index in [0.717, 1.165) is 5.56 Å². The van der Waals surface area contributed by atoms with Gasteiger partial charge < -0.3 is 20.1 Å². The first-order valence-electron chi connectivity index (χ1n) is 7.56. The van der Waals surface area contributed by atoms with E-state index >= 15 is 0 Å². The van der Waals surface area contributed by atoms with E-state index < -0.39 is 5.91 Å². The molecule has 0 aliphatic carbocycles. The van der Waals surface area contributed by atoms with Gasteiger partial charge in [-0.15, -0.1) is 0 Å². The summed E-state index contributed by atoms with van der Waals surface area (Å²) in [5, 5.41) is 5.59. The minimum Gasteiger partial charge on any atom is -0.493 e. The van der Waals surface area contributed by atoms with Crippen molar-refractivity contribution < 1.29 is 19.1 Å². The number of ether oxygens (including phenoxy) is 2. The molecular weight excluding hydrogens is 344 g/mol. The van der Waals surface area contributed by atoms with Gasteiger partial charge in [-0.05, 0) is 18.2 Å². The van der Waals surface area contributed by atoms with E-state index in [1.54, 1.807) is 37.4 Å². The zero-order valence-electron chi connectivity index (χ0n) is 14.0. The van der Waals surface area contributed by atoms with Crippen LogP contribution in [-0.4, -0.2) is 32.6 Å². The summed E-state index contributed by atoms with van der Waals surface area (Å²) in [5.41, 5.74) is 1.10. The molecule has 7 heteroatoms. The van der Waals surface area contributed by atoms with E-state index in [1.165, 1.54) is 7.11 Å². The Bertz CT molecular complexity index is 764. The summed E-state index contributed by atoms with van der Waals surface area (Å²) in [5.74, 6) is 0.414. The maximum Gasteiger partial charge on any atom is 0.253 e.